The fourth-order valence-corrected chi connectivity index (χ4v) is 11.6. The molecule has 0 fully saturated rings. The summed E-state index contributed by atoms with van der Waals surface area (Å²) in [5.74, 6) is -0.840. The molecule has 7 heteroatoms. The molecule has 0 spiro atoms. The number of carbonyl (C=O) groups is 1. The van der Waals surface area contributed by atoms with Gasteiger partial charge in [-0.3, -0.25) is 4.79 Å². The van der Waals surface area contributed by atoms with Crippen molar-refractivity contribution in [2.24, 2.45) is 0 Å². The predicted octanol–water partition coefficient (Wildman–Crippen LogP) is 2.03. The van der Waals surface area contributed by atoms with E-state index in [1.165, 1.54) is 7.11 Å². The van der Waals surface area contributed by atoms with Gasteiger partial charge in [0.25, 0.3) is 0 Å². The highest BCUT2D eigenvalue weighted by Gasteiger charge is 2.50. The SMILES string of the molecule is COC(=O)CCS(=O)(=O)N[Si](c1ccccc1)(c1ccccc1)C(C)(C)C. The molecule has 27 heavy (non-hydrogen) atoms. The zero-order valence-corrected chi connectivity index (χ0v) is 18.0. The summed E-state index contributed by atoms with van der Waals surface area (Å²) < 4.78 is 33.6. The van der Waals surface area contributed by atoms with Crippen LogP contribution in [0.1, 0.15) is 27.2 Å². The number of esters is 1. The summed E-state index contributed by atoms with van der Waals surface area (Å²) >= 11 is 0. The molecular weight excluding hydrogens is 378 g/mol. The van der Waals surface area contributed by atoms with Gasteiger partial charge in [0.15, 0.2) is 0 Å². The van der Waals surface area contributed by atoms with Gasteiger partial charge in [0.05, 0.1) is 19.3 Å². The van der Waals surface area contributed by atoms with Crippen LogP contribution in [0.4, 0.5) is 0 Å². The molecule has 2 aromatic rings. The molecule has 0 aliphatic heterocycles. The second kappa shape index (κ2) is 8.37. The maximum absolute atomic E-state index is 13.0. The van der Waals surface area contributed by atoms with Gasteiger partial charge in [-0.25, -0.2) is 12.8 Å². The number of ether oxygens (including phenoxy) is 1. The molecule has 0 atom stereocenters. The van der Waals surface area contributed by atoms with Crippen LogP contribution >= 0.6 is 0 Å². The van der Waals surface area contributed by atoms with Crippen LogP contribution in [0.25, 0.3) is 0 Å². The number of sulfonamides is 1. The summed E-state index contributed by atoms with van der Waals surface area (Å²) in [6.45, 7) is 6.17. The maximum Gasteiger partial charge on any atom is 0.306 e. The van der Waals surface area contributed by atoms with Crippen molar-refractivity contribution in [1.82, 2.24) is 4.39 Å². The zero-order valence-electron chi connectivity index (χ0n) is 16.2. The molecule has 0 heterocycles. The highest BCUT2D eigenvalue weighted by molar-refractivity contribution is 7.91. The average Bonchev–Trinajstić information content (AvgIpc) is 2.64. The van der Waals surface area contributed by atoms with E-state index < -0.39 is 24.2 Å². The predicted molar refractivity (Wildman–Crippen MR) is 111 cm³/mol. The largest absolute Gasteiger partial charge is 0.469 e. The van der Waals surface area contributed by atoms with E-state index in [1.807, 2.05) is 60.7 Å². The molecule has 5 nitrogen and oxygen atoms in total. The maximum atomic E-state index is 13.0. The molecule has 0 saturated carbocycles. The number of rotatable bonds is 7. The third-order valence-electron chi connectivity index (χ3n) is 4.65. The minimum absolute atomic E-state index is 0.177. The molecule has 146 valence electrons. The van der Waals surface area contributed by atoms with Crippen LogP contribution in [-0.2, 0) is 19.6 Å². The lowest BCUT2D eigenvalue weighted by Crippen LogP contribution is -2.75. The van der Waals surface area contributed by atoms with Crippen molar-refractivity contribution in [3.05, 3.63) is 60.7 Å². The molecule has 2 aromatic carbocycles. The highest BCUT2D eigenvalue weighted by Crippen LogP contribution is 2.34. The van der Waals surface area contributed by atoms with Gasteiger partial charge >= 0.3 is 5.97 Å². The summed E-state index contributed by atoms with van der Waals surface area (Å²) in [4.78, 5) is 11.5. The van der Waals surface area contributed by atoms with E-state index in [4.69, 9.17) is 0 Å². The van der Waals surface area contributed by atoms with Gasteiger partial charge in [0.2, 0.25) is 18.3 Å². The van der Waals surface area contributed by atoms with Crippen molar-refractivity contribution in [3.8, 4) is 0 Å². The molecule has 0 bridgehead atoms. The van der Waals surface area contributed by atoms with Crippen LogP contribution in [0, 0.1) is 0 Å². The van der Waals surface area contributed by atoms with Gasteiger partial charge in [-0.2, -0.15) is 0 Å². The summed E-state index contributed by atoms with van der Waals surface area (Å²) in [5, 5.41) is 1.60. The molecule has 1 N–H and O–H groups in total. The standard InChI is InChI=1S/C20H27NO4SSi/c1-20(2,3)27(17-11-7-5-8-12-17,18-13-9-6-10-14-18)21-26(23,24)16-15-19(22)25-4/h5-14,21H,15-16H2,1-4H3. The third kappa shape index (κ3) is 4.85. The average molecular weight is 406 g/mol. The topological polar surface area (TPSA) is 72.5 Å². The molecule has 0 unspecified atom stereocenters. The molecule has 0 aliphatic carbocycles. The normalized spacial score (nSPS) is 12.6. The van der Waals surface area contributed by atoms with Gasteiger partial charge in [-0.1, -0.05) is 81.4 Å². The first kappa shape index (κ1) is 21.3. The summed E-state index contributed by atoms with van der Waals surface area (Å²) in [5.41, 5.74) is 0. The highest BCUT2D eigenvalue weighted by atomic mass is 32.2. The Morgan fingerprint density at radius 2 is 1.41 bits per heavy atom. The molecule has 0 aromatic heterocycles. The number of methoxy groups -OCH3 is 1. The first-order valence-corrected chi connectivity index (χ1v) is 12.5. The number of hydrogen-bond donors (Lipinski definition) is 1. The lowest BCUT2D eigenvalue weighted by atomic mass is 10.2. The van der Waals surface area contributed by atoms with E-state index in [-0.39, 0.29) is 17.2 Å². The minimum Gasteiger partial charge on any atom is -0.469 e. The van der Waals surface area contributed by atoms with Crippen LogP contribution in [0.15, 0.2) is 60.7 Å². The lowest BCUT2D eigenvalue weighted by molar-refractivity contribution is -0.140. The zero-order chi connectivity index (χ0) is 20.1. The van der Waals surface area contributed by atoms with Crippen LogP contribution in [0.3, 0.4) is 0 Å². The van der Waals surface area contributed by atoms with Gasteiger partial charge in [0, 0.05) is 0 Å². The summed E-state index contributed by atoms with van der Waals surface area (Å²) in [6.07, 6.45) is -0.177. The first-order valence-electron chi connectivity index (χ1n) is 8.82. The Kier molecular flexibility index (Phi) is 6.62. The lowest BCUT2D eigenvalue weighted by Gasteiger charge is -2.43. The minimum atomic E-state index is -3.71. The van der Waals surface area contributed by atoms with Crippen molar-refractivity contribution in [3.63, 3.8) is 0 Å². The Hall–Kier alpha value is -1.96. The van der Waals surface area contributed by atoms with Crippen LogP contribution in [0.5, 0.6) is 0 Å². The Balaban J connectivity index is 2.61. The summed E-state index contributed by atoms with van der Waals surface area (Å²) in [7, 11) is -5.42. The summed E-state index contributed by atoms with van der Waals surface area (Å²) in [6, 6.07) is 19.5. The quantitative estimate of drug-likeness (QED) is 0.565. The van der Waals surface area contributed by atoms with Gasteiger partial charge in [0.1, 0.15) is 0 Å². The van der Waals surface area contributed by atoms with E-state index in [0.717, 1.165) is 10.4 Å². The second-order valence-electron chi connectivity index (χ2n) is 7.48. The molecule has 0 saturated heterocycles. The van der Waals surface area contributed by atoms with E-state index in [1.54, 1.807) is 0 Å². The van der Waals surface area contributed by atoms with Crippen molar-refractivity contribution < 1.29 is 17.9 Å². The number of benzene rings is 2. The molecule has 2 rings (SSSR count). The number of carbonyl (C=O) groups excluding carboxylic acids is 1. The Labute approximate surface area is 162 Å². The number of hydrogen-bond acceptors (Lipinski definition) is 4. The van der Waals surface area contributed by atoms with E-state index in [0.29, 0.717) is 0 Å². The second-order valence-corrected chi connectivity index (χ2v) is 14.1. The molecule has 0 amide bonds. The fourth-order valence-electron chi connectivity index (χ4n) is 3.28. The molecule has 0 aliphatic rings. The van der Waals surface area contributed by atoms with Gasteiger partial charge in [-0.15, -0.1) is 0 Å². The van der Waals surface area contributed by atoms with Gasteiger partial charge in [-0.05, 0) is 15.4 Å². The fraction of sp³-hybridized carbons (Fsp3) is 0.350. The van der Waals surface area contributed by atoms with Crippen LogP contribution < -0.4 is 14.8 Å². The molecular formula is C20H27NO4SSi. The Bertz CT molecular complexity index is 822. The van der Waals surface area contributed by atoms with Crippen molar-refractivity contribution in [2.45, 2.75) is 32.2 Å². The van der Waals surface area contributed by atoms with Crippen molar-refractivity contribution in [2.75, 3.05) is 12.9 Å². The van der Waals surface area contributed by atoms with Crippen molar-refractivity contribution in [1.29, 1.82) is 0 Å². The van der Waals surface area contributed by atoms with Crippen LogP contribution in [0.2, 0.25) is 5.04 Å². The first-order chi connectivity index (χ1) is 12.6. The smallest absolute Gasteiger partial charge is 0.306 e. The Morgan fingerprint density at radius 3 is 1.78 bits per heavy atom. The third-order valence-corrected chi connectivity index (χ3v) is 12.5. The van der Waals surface area contributed by atoms with Gasteiger partial charge < -0.3 is 4.74 Å². The van der Waals surface area contributed by atoms with E-state index in [2.05, 4.69) is 29.9 Å². The van der Waals surface area contributed by atoms with Crippen molar-refractivity contribution >= 4 is 34.6 Å². The monoisotopic (exact) mass is 405 g/mol. The molecule has 0 radical (unpaired) electrons. The van der Waals surface area contributed by atoms with E-state index in [9.17, 15) is 13.2 Å². The number of nitrogens with one attached hydrogen (secondary N) is 1. The van der Waals surface area contributed by atoms with Crippen LogP contribution in [-0.4, -0.2) is 35.5 Å². The van der Waals surface area contributed by atoms with E-state index >= 15 is 0 Å². The Morgan fingerprint density at radius 1 is 0.963 bits per heavy atom.